The highest BCUT2D eigenvalue weighted by molar-refractivity contribution is 5.74. The van der Waals surface area contributed by atoms with Crippen LogP contribution in [0.3, 0.4) is 0 Å². The summed E-state index contributed by atoms with van der Waals surface area (Å²) in [5.41, 5.74) is 1.87. The van der Waals surface area contributed by atoms with E-state index in [4.69, 9.17) is 10.2 Å². The van der Waals surface area contributed by atoms with Gasteiger partial charge in [0.1, 0.15) is 0 Å². The fraction of sp³-hybridized carbons (Fsp3) is 0.583. The highest BCUT2D eigenvalue weighted by Crippen LogP contribution is 2.06. The largest absolute Gasteiger partial charge is 0.479 e. The van der Waals surface area contributed by atoms with Crippen LogP contribution in [-0.4, -0.2) is 44.6 Å². The van der Waals surface area contributed by atoms with Gasteiger partial charge < -0.3 is 20.8 Å². The van der Waals surface area contributed by atoms with Gasteiger partial charge in [0, 0.05) is 38.3 Å². The topological polar surface area (TPSA) is 116 Å². The van der Waals surface area contributed by atoms with E-state index in [9.17, 15) is 9.59 Å². The number of rotatable bonds is 7. The van der Waals surface area contributed by atoms with Crippen LogP contribution in [0.15, 0.2) is 6.20 Å². The number of carboxylic acid groups (broad SMARTS) is 1. The van der Waals surface area contributed by atoms with Crippen molar-refractivity contribution in [1.29, 1.82) is 0 Å². The number of aliphatic hydroxyl groups excluding tert-OH is 1. The second-order valence-electron chi connectivity index (χ2n) is 4.38. The number of aliphatic carboxylic acids is 1. The molecule has 4 N–H and O–H groups in total. The molecule has 112 valence electrons. The highest BCUT2D eigenvalue weighted by atomic mass is 16.4. The number of carbonyl (C=O) groups is 2. The summed E-state index contributed by atoms with van der Waals surface area (Å²) >= 11 is 0. The number of nitrogens with one attached hydrogen (secondary N) is 2. The Morgan fingerprint density at radius 3 is 2.75 bits per heavy atom. The van der Waals surface area contributed by atoms with Gasteiger partial charge in [-0.1, -0.05) is 6.92 Å². The second-order valence-corrected chi connectivity index (χ2v) is 4.38. The van der Waals surface area contributed by atoms with Gasteiger partial charge in [-0.15, -0.1) is 0 Å². The third kappa shape index (κ3) is 4.88. The first-order valence-electron chi connectivity index (χ1n) is 6.38. The molecular weight excluding hydrogens is 264 g/mol. The molecule has 0 saturated heterocycles. The molecule has 8 heteroatoms. The first-order chi connectivity index (χ1) is 9.43. The molecule has 20 heavy (non-hydrogen) atoms. The summed E-state index contributed by atoms with van der Waals surface area (Å²) in [6, 6.07) is -0.409. The lowest BCUT2D eigenvalue weighted by Gasteiger charge is -2.08. The van der Waals surface area contributed by atoms with Crippen LogP contribution in [-0.2, 0) is 24.8 Å². The van der Waals surface area contributed by atoms with Crippen molar-refractivity contribution in [2.24, 2.45) is 7.05 Å². The normalized spacial score (nSPS) is 11.9. The molecule has 1 heterocycles. The molecule has 0 aliphatic rings. The van der Waals surface area contributed by atoms with Crippen molar-refractivity contribution >= 4 is 12.0 Å². The number of aromatic nitrogens is 2. The fourth-order valence-electron chi connectivity index (χ4n) is 1.71. The van der Waals surface area contributed by atoms with Crippen LogP contribution >= 0.6 is 0 Å². The number of nitrogens with zero attached hydrogens (tertiary/aromatic N) is 2. The van der Waals surface area contributed by atoms with Gasteiger partial charge in [-0.05, 0) is 6.42 Å². The summed E-state index contributed by atoms with van der Waals surface area (Å²) < 4.78 is 1.69. The van der Waals surface area contributed by atoms with Gasteiger partial charge in [-0.3, -0.25) is 4.68 Å². The molecule has 2 amide bonds. The van der Waals surface area contributed by atoms with Crippen molar-refractivity contribution in [2.75, 3.05) is 6.54 Å². The zero-order valence-electron chi connectivity index (χ0n) is 11.6. The molecule has 0 bridgehead atoms. The predicted octanol–water partition coefficient (Wildman–Crippen LogP) is -0.383. The van der Waals surface area contributed by atoms with Gasteiger partial charge in [-0.25, -0.2) is 9.59 Å². The quantitative estimate of drug-likeness (QED) is 0.544. The second kappa shape index (κ2) is 7.49. The van der Waals surface area contributed by atoms with Crippen LogP contribution in [0.2, 0.25) is 0 Å². The zero-order valence-corrected chi connectivity index (χ0v) is 11.6. The number of urea groups is 1. The minimum atomic E-state index is -1.46. The Morgan fingerprint density at radius 2 is 2.15 bits per heavy atom. The van der Waals surface area contributed by atoms with Crippen LogP contribution in [0.25, 0.3) is 0 Å². The minimum Gasteiger partial charge on any atom is -0.479 e. The smallest absolute Gasteiger partial charge is 0.332 e. The molecule has 1 aromatic heterocycles. The summed E-state index contributed by atoms with van der Waals surface area (Å²) in [6.07, 6.45) is 1.13. The molecule has 0 fully saturated rings. The van der Waals surface area contributed by atoms with Crippen molar-refractivity contribution in [2.45, 2.75) is 32.4 Å². The average molecular weight is 284 g/mol. The summed E-state index contributed by atoms with van der Waals surface area (Å²) in [7, 11) is 1.82. The van der Waals surface area contributed by atoms with Gasteiger partial charge >= 0.3 is 12.0 Å². The molecule has 0 saturated carbocycles. The highest BCUT2D eigenvalue weighted by Gasteiger charge is 2.13. The fourth-order valence-corrected chi connectivity index (χ4v) is 1.71. The predicted molar refractivity (Wildman–Crippen MR) is 71.1 cm³/mol. The van der Waals surface area contributed by atoms with E-state index >= 15 is 0 Å². The standard InChI is InChI=1S/C12H20N4O4/c1-3-9-8(7-16(2)15-9)6-14-12(20)13-5-4-10(17)11(18)19/h7,10,17H,3-6H2,1-2H3,(H,18,19)(H2,13,14,20)/t10-/m0/s1. The maximum atomic E-state index is 11.5. The monoisotopic (exact) mass is 284 g/mol. The van der Waals surface area contributed by atoms with Crippen LogP contribution in [0.5, 0.6) is 0 Å². The van der Waals surface area contributed by atoms with Gasteiger partial charge in [0.15, 0.2) is 6.10 Å². The number of carbonyl (C=O) groups excluding carboxylic acids is 1. The molecule has 1 atom stereocenters. The van der Waals surface area contributed by atoms with E-state index in [1.54, 1.807) is 4.68 Å². The molecule has 0 aliphatic carbocycles. The molecule has 1 rings (SSSR count). The van der Waals surface area contributed by atoms with E-state index in [0.717, 1.165) is 17.7 Å². The van der Waals surface area contributed by atoms with E-state index < -0.39 is 18.1 Å². The van der Waals surface area contributed by atoms with Crippen molar-refractivity contribution < 1.29 is 19.8 Å². The number of carboxylic acids is 1. The Balaban J connectivity index is 2.31. The van der Waals surface area contributed by atoms with Crippen molar-refractivity contribution in [3.05, 3.63) is 17.5 Å². The summed E-state index contributed by atoms with van der Waals surface area (Å²) in [5.74, 6) is -1.30. The number of aryl methyl sites for hydroxylation is 2. The molecule has 0 radical (unpaired) electrons. The maximum Gasteiger partial charge on any atom is 0.332 e. The van der Waals surface area contributed by atoms with Gasteiger partial charge in [0.05, 0.1) is 5.69 Å². The van der Waals surface area contributed by atoms with Crippen LogP contribution < -0.4 is 10.6 Å². The third-order valence-electron chi connectivity index (χ3n) is 2.75. The lowest BCUT2D eigenvalue weighted by Crippen LogP contribution is -2.37. The van der Waals surface area contributed by atoms with Crippen molar-refractivity contribution in [3.63, 3.8) is 0 Å². The Morgan fingerprint density at radius 1 is 1.45 bits per heavy atom. The summed E-state index contributed by atoms with van der Waals surface area (Å²) in [5, 5.41) is 26.9. The average Bonchev–Trinajstić information content (AvgIpc) is 2.76. The van der Waals surface area contributed by atoms with E-state index in [2.05, 4.69) is 15.7 Å². The SMILES string of the molecule is CCc1nn(C)cc1CNC(=O)NCC[C@H](O)C(=O)O. The Hall–Kier alpha value is -2.09. The van der Waals surface area contributed by atoms with Crippen LogP contribution in [0.1, 0.15) is 24.6 Å². The molecule has 1 aromatic rings. The lowest BCUT2D eigenvalue weighted by atomic mass is 10.2. The van der Waals surface area contributed by atoms with Gasteiger partial charge in [0.25, 0.3) is 0 Å². The van der Waals surface area contributed by atoms with Crippen molar-refractivity contribution in [3.8, 4) is 0 Å². The molecule has 0 aliphatic heterocycles. The van der Waals surface area contributed by atoms with Gasteiger partial charge in [0.2, 0.25) is 0 Å². The first kappa shape index (κ1) is 16.0. The summed E-state index contributed by atoms with van der Waals surface area (Å²) in [4.78, 5) is 21.9. The molecule has 0 spiro atoms. The van der Waals surface area contributed by atoms with Crippen LogP contribution in [0, 0.1) is 0 Å². The summed E-state index contributed by atoms with van der Waals surface area (Å²) in [6.45, 7) is 2.43. The zero-order chi connectivity index (χ0) is 15.1. The lowest BCUT2D eigenvalue weighted by molar-refractivity contribution is -0.146. The number of amides is 2. The molecule has 0 aromatic carbocycles. The number of hydrogen-bond donors (Lipinski definition) is 4. The first-order valence-corrected chi connectivity index (χ1v) is 6.38. The van der Waals surface area contributed by atoms with Crippen LogP contribution in [0.4, 0.5) is 4.79 Å². The maximum absolute atomic E-state index is 11.5. The Bertz CT molecular complexity index is 472. The Labute approximate surface area is 116 Å². The van der Waals surface area contributed by atoms with E-state index in [-0.39, 0.29) is 13.0 Å². The van der Waals surface area contributed by atoms with E-state index in [1.807, 2.05) is 20.2 Å². The Kier molecular flexibility index (Phi) is 5.98. The minimum absolute atomic E-state index is 0.0319. The van der Waals surface area contributed by atoms with Gasteiger partial charge in [-0.2, -0.15) is 5.10 Å². The third-order valence-corrected chi connectivity index (χ3v) is 2.75. The van der Waals surface area contributed by atoms with Crippen molar-refractivity contribution in [1.82, 2.24) is 20.4 Å². The van der Waals surface area contributed by atoms with E-state index in [1.165, 1.54) is 0 Å². The number of aliphatic hydroxyl groups is 1. The molecule has 0 unspecified atom stereocenters. The van der Waals surface area contributed by atoms with E-state index in [0.29, 0.717) is 6.54 Å². The number of hydrogen-bond acceptors (Lipinski definition) is 4. The molecule has 8 nitrogen and oxygen atoms in total. The molecular formula is C12H20N4O4.